The molecule has 0 saturated heterocycles. The maximum atomic E-state index is 12.3. The number of nitrogens with zero attached hydrogens (tertiary/aromatic N) is 3. The molecule has 0 radical (unpaired) electrons. The molecule has 0 atom stereocenters. The number of nitrogens with one attached hydrogen (secondary N) is 1. The van der Waals surface area contributed by atoms with Crippen molar-refractivity contribution in [3.05, 3.63) is 53.5 Å². The second-order valence-corrected chi connectivity index (χ2v) is 5.90. The summed E-state index contributed by atoms with van der Waals surface area (Å²) in [5.74, 6) is -1.06. The van der Waals surface area contributed by atoms with Crippen molar-refractivity contribution in [2.45, 2.75) is 26.3 Å². The van der Waals surface area contributed by atoms with Gasteiger partial charge in [0.15, 0.2) is 0 Å². The van der Waals surface area contributed by atoms with E-state index in [4.69, 9.17) is 0 Å². The number of carbonyl (C=O) groups excluding carboxylic acids is 1. The fourth-order valence-electron chi connectivity index (χ4n) is 2.86. The summed E-state index contributed by atoms with van der Waals surface area (Å²) in [6.45, 7) is 2.28. The smallest absolute Gasteiger partial charge is 0.388 e. The van der Waals surface area contributed by atoms with Gasteiger partial charge in [0, 0.05) is 31.4 Å². The lowest BCUT2D eigenvalue weighted by atomic mass is 10.0. The predicted molar refractivity (Wildman–Crippen MR) is 92.2 cm³/mol. The molecule has 142 valence electrons. The van der Waals surface area contributed by atoms with E-state index in [2.05, 4.69) is 20.0 Å². The fourth-order valence-corrected chi connectivity index (χ4v) is 2.86. The highest BCUT2D eigenvalue weighted by Gasteiger charge is 2.31. The van der Waals surface area contributed by atoms with E-state index in [0.29, 0.717) is 0 Å². The molecule has 0 fully saturated rings. The molecule has 0 unspecified atom stereocenters. The highest BCUT2D eigenvalue weighted by molar-refractivity contribution is 5.94. The zero-order valence-electron chi connectivity index (χ0n) is 14.7. The quantitative estimate of drug-likeness (QED) is 0.739. The van der Waals surface area contributed by atoms with Crippen molar-refractivity contribution in [2.75, 3.05) is 0 Å². The van der Waals surface area contributed by atoms with Gasteiger partial charge >= 0.3 is 6.36 Å². The van der Waals surface area contributed by atoms with E-state index in [-0.39, 0.29) is 12.1 Å². The third-order valence-electron chi connectivity index (χ3n) is 4.11. The van der Waals surface area contributed by atoms with Gasteiger partial charge in [-0.15, -0.1) is 13.2 Å². The van der Waals surface area contributed by atoms with E-state index in [9.17, 15) is 18.0 Å². The Labute approximate surface area is 153 Å². The highest BCUT2D eigenvalue weighted by Crippen LogP contribution is 2.23. The van der Waals surface area contributed by atoms with Crippen molar-refractivity contribution in [1.82, 2.24) is 19.9 Å². The minimum atomic E-state index is -4.82. The largest absolute Gasteiger partial charge is 0.574 e. The van der Waals surface area contributed by atoms with Gasteiger partial charge in [0.05, 0.1) is 22.9 Å². The van der Waals surface area contributed by atoms with Crippen molar-refractivity contribution in [1.29, 1.82) is 0 Å². The molecule has 0 aliphatic rings. The summed E-state index contributed by atoms with van der Waals surface area (Å²) in [6, 6.07) is 6.14. The topological polar surface area (TPSA) is 69.0 Å². The fraction of sp³-hybridized carbons (Fsp3) is 0.278. The summed E-state index contributed by atoms with van der Waals surface area (Å²) >= 11 is 0. The Morgan fingerprint density at radius 1 is 1.22 bits per heavy atom. The minimum Gasteiger partial charge on any atom is -0.388 e. The SMILES string of the molecule is CCc1ccc2ncn(C)c2c1CNC(=O)c1ccc(OC(F)(F)F)nc1. The lowest BCUT2D eigenvalue weighted by molar-refractivity contribution is -0.276. The average Bonchev–Trinajstić information content (AvgIpc) is 3.00. The standard InChI is InChI=1S/C18H17F3N4O2/c1-3-11-4-6-14-16(25(2)10-24-14)13(11)9-23-17(26)12-5-7-15(22-8-12)27-18(19,20)21/h4-8,10H,3,9H2,1-2H3,(H,23,26). The number of rotatable bonds is 5. The van der Waals surface area contributed by atoms with Crippen LogP contribution in [0.3, 0.4) is 0 Å². The first-order valence-electron chi connectivity index (χ1n) is 8.20. The molecule has 1 N–H and O–H groups in total. The molecule has 0 saturated carbocycles. The van der Waals surface area contributed by atoms with Crippen molar-refractivity contribution in [3.63, 3.8) is 0 Å². The molecule has 9 heteroatoms. The van der Waals surface area contributed by atoms with Gasteiger partial charge in [0.25, 0.3) is 5.91 Å². The second kappa shape index (κ2) is 7.26. The predicted octanol–water partition coefficient (Wildman–Crippen LogP) is 3.36. The number of amides is 1. The van der Waals surface area contributed by atoms with Gasteiger partial charge in [0.1, 0.15) is 0 Å². The Balaban J connectivity index is 1.76. The number of aryl methyl sites for hydroxylation is 2. The first-order chi connectivity index (χ1) is 12.8. The number of aromatic nitrogens is 3. The zero-order valence-corrected chi connectivity index (χ0v) is 14.7. The Bertz CT molecular complexity index is 965. The van der Waals surface area contributed by atoms with E-state index in [0.717, 1.165) is 40.8 Å². The number of benzene rings is 1. The number of fused-ring (bicyclic) bond motifs is 1. The number of ether oxygens (including phenoxy) is 1. The van der Waals surface area contributed by atoms with E-state index in [1.54, 1.807) is 6.33 Å². The second-order valence-electron chi connectivity index (χ2n) is 5.90. The number of hydrogen-bond acceptors (Lipinski definition) is 4. The molecule has 3 aromatic rings. The maximum absolute atomic E-state index is 12.3. The summed E-state index contributed by atoms with van der Waals surface area (Å²) in [4.78, 5) is 20.2. The summed E-state index contributed by atoms with van der Waals surface area (Å²) in [5.41, 5.74) is 3.93. The van der Waals surface area contributed by atoms with Crippen LogP contribution in [0.5, 0.6) is 5.88 Å². The molecule has 6 nitrogen and oxygen atoms in total. The van der Waals surface area contributed by atoms with Crippen LogP contribution in [0, 0.1) is 0 Å². The van der Waals surface area contributed by atoms with Gasteiger partial charge in [-0.05, 0) is 24.1 Å². The van der Waals surface area contributed by atoms with Crippen LogP contribution >= 0.6 is 0 Å². The Morgan fingerprint density at radius 2 is 2.00 bits per heavy atom. The minimum absolute atomic E-state index is 0.139. The molecule has 1 aromatic carbocycles. The molecule has 2 aromatic heterocycles. The number of halogens is 3. The van der Waals surface area contributed by atoms with Gasteiger partial charge in [-0.3, -0.25) is 4.79 Å². The molecule has 0 spiro atoms. The molecular weight excluding hydrogens is 361 g/mol. The van der Waals surface area contributed by atoms with E-state index in [1.807, 2.05) is 30.7 Å². The van der Waals surface area contributed by atoms with Crippen LogP contribution in [0.2, 0.25) is 0 Å². The molecule has 2 heterocycles. The van der Waals surface area contributed by atoms with E-state index < -0.39 is 18.1 Å². The van der Waals surface area contributed by atoms with Gasteiger partial charge in [-0.1, -0.05) is 13.0 Å². The molecule has 27 heavy (non-hydrogen) atoms. The summed E-state index contributed by atoms with van der Waals surface area (Å²) in [6.07, 6.45) is -1.28. The molecule has 1 amide bonds. The van der Waals surface area contributed by atoms with Gasteiger partial charge < -0.3 is 14.6 Å². The van der Waals surface area contributed by atoms with Gasteiger partial charge in [-0.2, -0.15) is 0 Å². The van der Waals surface area contributed by atoms with Crippen LogP contribution < -0.4 is 10.1 Å². The van der Waals surface area contributed by atoms with Crippen molar-refractivity contribution < 1.29 is 22.7 Å². The molecule has 3 rings (SSSR count). The monoisotopic (exact) mass is 378 g/mol. The maximum Gasteiger partial charge on any atom is 0.574 e. The van der Waals surface area contributed by atoms with Crippen LogP contribution in [0.25, 0.3) is 11.0 Å². The number of hydrogen-bond donors (Lipinski definition) is 1. The first kappa shape index (κ1) is 18.7. The average molecular weight is 378 g/mol. The van der Waals surface area contributed by atoms with E-state index >= 15 is 0 Å². The molecule has 0 bridgehead atoms. The normalized spacial score (nSPS) is 11.6. The van der Waals surface area contributed by atoms with Crippen molar-refractivity contribution >= 4 is 16.9 Å². The number of pyridine rings is 1. The van der Waals surface area contributed by atoms with Crippen LogP contribution in [0.15, 0.2) is 36.8 Å². The third kappa shape index (κ3) is 4.18. The molecular formula is C18H17F3N4O2. The van der Waals surface area contributed by atoms with Crippen LogP contribution in [-0.2, 0) is 20.0 Å². The Hall–Kier alpha value is -3.10. The first-order valence-corrected chi connectivity index (χ1v) is 8.20. The number of imidazole rings is 1. The molecule has 0 aliphatic carbocycles. The van der Waals surface area contributed by atoms with Crippen molar-refractivity contribution in [2.24, 2.45) is 7.05 Å². The van der Waals surface area contributed by atoms with Crippen LogP contribution in [-0.4, -0.2) is 26.8 Å². The van der Waals surface area contributed by atoms with Gasteiger partial charge in [0.2, 0.25) is 5.88 Å². The van der Waals surface area contributed by atoms with Crippen LogP contribution in [0.1, 0.15) is 28.4 Å². The zero-order chi connectivity index (χ0) is 19.6. The number of alkyl halides is 3. The third-order valence-corrected chi connectivity index (χ3v) is 4.11. The Morgan fingerprint density at radius 3 is 2.63 bits per heavy atom. The summed E-state index contributed by atoms with van der Waals surface area (Å²) < 4.78 is 42.1. The number of carbonyl (C=O) groups is 1. The van der Waals surface area contributed by atoms with Gasteiger partial charge in [-0.25, -0.2) is 9.97 Å². The summed E-state index contributed by atoms with van der Waals surface area (Å²) in [5, 5.41) is 2.78. The lowest BCUT2D eigenvalue weighted by Crippen LogP contribution is -2.24. The summed E-state index contributed by atoms with van der Waals surface area (Å²) in [7, 11) is 1.88. The van der Waals surface area contributed by atoms with Crippen molar-refractivity contribution in [3.8, 4) is 5.88 Å². The lowest BCUT2D eigenvalue weighted by Gasteiger charge is -2.12. The van der Waals surface area contributed by atoms with E-state index in [1.165, 1.54) is 6.07 Å². The van der Waals surface area contributed by atoms with Crippen LogP contribution in [0.4, 0.5) is 13.2 Å². The highest BCUT2D eigenvalue weighted by atomic mass is 19.4. The molecule has 0 aliphatic heterocycles. The Kier molecular flexibility index (Phi) is 5.02.